The molecule has 1 heterocycles. The van der Waals surface area contributed by atoms with Gasteiger partial charge in [-0.25, -0.2) is 0 Å². The lowest BCUT2D eigenvalue weighted by Crippen LogP contribution is -2.17. The van der Waals surface area contributed by atoms with Crippen molar-refractivity contribution in [2.75, 3.05) is 0 Å². The van der Waals surface area contributed by atoms with Crippen LogP contribution >= 0.6 is 0 Å². The van der Waals surface area contributed by atoms with Crippen LogP contribution in [0.3, 0.4) is 0 Å². The molecule has 0 saturated heterocycles. The smallest absolute Gasteiger partial charge is 0.188 e. The fourth-order valence-electron chi connectivity index (χ4n) is 1.62. The van der Waals surface area contributed by atoms with Gasteiger partial charge in [0, 0.05) is 12.3 Å². The molecule has 0 aromatic carbocycles. The molecular weight excluding hydrogens is 218 g/mol. The van der Waals surface area contributed by atoms with Gasteiger partial charge in [-0.1, -0.05) is 19.0 Å². The van der Waals surface area contributed by atoms with E-state index in [9.17, 15) is 0 Å². The number of nitrogens with zero attached hydrogens (tertiary/aromatic N) is 2. The van der Waals surface area contributed by atoms with Crippen LogP contribution in [0.1, 0.15) is 32.9 Å². The lowest BCUT2D eigenvalue weighted by atomic mass is 10.1. The molecule has 1 aromatic heterocycles. The molecule has 5 nitrogen and oxygen atoms in total. The predicted octanol–water partition coefficient (Wildman–Crippen LogP) is 1.99. The fraction of sp³-hybridized carbons (Fsp3) is 0.500. The molecule has 1 rings (SSSR count). The average molecular weight is 237 g/mol. The Kier molecular flexibility index (Phi) is 4.75. The molecule has 1 aromatic rings. The Balaban J connectivity index is 2.72. The number of hydrogen-bond donors (Lipinski definition) is 2. The minimum atomic E-state index is -0.0213. The van der Waals surface area contributed by atoms with Crippen molar-refractivity contribution in [2.24, 2.45) is 16.8 Å². The number of hydrogen-bond acceptors (Lipinski definition) is 4. The van der Waals surface area contributed by atoms with E-state index >= 15 is 0 Å². The predicted molar refractivity (Wildman–Crippen MR) is 66.3 cm³/mol. The van der Waals surface area contributed by atoms with Crippen molar-refractivity contribution < 1.29 is 9.94 Å². The number of rotatable bonds is 5. The Morgan fingerprint density at radius 1 is 1.53 bits per heavy atom. The van der Waals surface area contributed by atoms with Gasteiger partial charge >= 0.3 is 0 Å². The quantitative estimate of drug-likeness (QED) is 0.355. The third kappa shape index (κ3) is 4.30. The normalized spacial score (nSPS) is 13.8. The number of nitrogens with two attached hydrogens (primary N) is 1. The largest absolute Gasteiger partial charge is 0.491 e. The fourth-order valence-corrected chi connectivity index (χ4v) is 1.62. The van der Waals surface area contributed by atoms with Crippen LogP contribution in [-0.4, -0.2) is 22.1 Å². The Labute approximate surface area is 101 Å². The molecule has 0 spiro atoms. The maximum atomic E-state index is 8.56. The van der Waals surface area contributed by atoms with Gasteiger partial charge in [-0.3, -0.25) is 4.98 Å². The molecule has 0 radical (unpaired) electrons. The molecule has 1 unspecified atom stereocenters. The topological polar surface area (TPSA) is 80.7 Å². The summed E-state index contributed by atoms with van der Waals surface area (Å²) < 4.78 is 5.73. The first-order chi connectivity index (χ1) is 8.02. The van der Waals surface area contributed by atoms with Crippen molar-refractivity contribution in [3.8, 4) is 5.75 Å². The molecule has 0 amide bonds. The van der Waals surface area contributed by atoms with Crippen LogP contribution < -0.4 is 10.5 Å². The van der Waals surface area contributed by atoms with Gasteiger partial charge in [0.1, 0.15) is 11.4 Å². The van der Waals surface area contributed by atoms with Gasteiger partial charge in [-0.2, -0.15) is 0 Å². The van der Waals surface area contributed by atoms with Crippen LogP contribution in [0.15, 0.2) is 23.5 Å². The molecule has 0 aliphatic heterocycles. The van der Waals surface area contributed by atoms with E-state index in [1.54, 1.807) is 18.3 Å². The highest BCUT2D eigenvalue weighted by Gasteiger charge is 2.08. The molecule has 1 atom stereocenters. The highest BCUT2D eigenvalue weighted by atomic mass is 16.5. The second kappa shape index (κ2) is 6.08. The van der Waals surface area contributed by atoms with Crippen molar-refractivity contribution in [3.05, 3.63) is 24.0 Å². The molecule has 0 aliphatic rings. The lowest BCUT2D eigenvalue weighted by molar-refractivity contribution is 0.193. The van der Waals surface area contributed by atoms with Crippen LogP contribution in [0, 0.1) is 5.92 Å². The van der Waals surface area contributed by atoms with Crippen molar-refractivity contribution in [3.63, 3.8) is 0 Å². The first kappa shape index (κ1) is 13.3. The van der Waals surface area contributed by atoms with Gasteiger partial charge in [-0.15, -0.1) is 0 Å². The maximum absolute atomic E-state index is 8.56. The van der Waals surface area contributed by atoms with E-state index in [0.29, 0.717) is 17.4 Å². The van der Waals surface area contributed by atoms with Crippen molar-refractivity contribution in [1.82, 2.24) is 4.98 Å². The Bertz CT molecular complexity index is 391. The average Bonchev–Trinajstić information content (AvgIpc) is 2.27. The van der Waals surface area contributed by atoms with E-state index in [1.165, 1.54) is 0 Å². The van der Waals surface area contributed by atoms with Gasteiger partial charge in [0.15, 0.2) is 5.84 Å². The van der Waals surface area contributed by atoms with Gasteiger partial charge in [0.05, 0.1) is 6.10 Å². The van der Waals surface area contributed by atoms with E-state index in [1.807, 2.05) is 6.92 Å². The van der Waals surface area contributed by atoms with Crippen LogP contribution in [0.4, 0.5) is 0 Å². The second-order valence-electron chi connectivity index (χ2n) is 4.42. The Morgan fingerprint density at radius 2 is 2.24 bits per heavy atom. The zero-order valence-electron chi connectivity index (χ0n) is 10.4. The van der Waals surface area contributed by atoms with E-state index in [-0.39, 0.29) is 11.9 Å². The Morgan fingerprint density at radius 3 is 2.82 bits per heavy atom. The zero-order valence-corrected chi connectivity index (χ0v) is 10.4. The standard InChI is InChI=1S/C12H19N3O2/c1-8(2)6-9(3)17-10-4-5-14-11(7-10)12(13)15-16/h4-5,7-9,16H,6H2,1-3H3,(H2,13,15). The maximum Gasteiger partial charge on any atom is 0.188 e. The van der Waals surface area contributed by atoms with Gasteiger partial charge in [0.25, 0.3) is 0 Å². The van der Waals surface area contributed by atoms with Crippen LogP contribution in [0.2, 0.25) is 0 Å². The molecule has 0 fully saturated rings. The van der Waals surface area contributed by atoms with Crippen LogP contribution in [-0.2, 0) is 0 Å². The monoisotopic (exact) mass is 237 g/mol. The first-order valence-corrected chi connectivity index (χ1v) is 5.63. The number of aromatic nitrogens is 1. The van der Waals surface area contributed by atoms with E-state index in [2.05, 4.69) is 24.0 Å². The SMILES string of the molecule is CC(C)CC(C)Oc1ccnc(C(N)=NO)c1. The molecule has 5 heteroatoms. The second-order valence-corrected chi connectivity index (χ2v) is 4.42. The summed E-state index contributed by atoms with van der Waals surface area (Å²) in [6, 6.07) is 3.41. The minimum absolute atomic E-state index is 0.0213. The van der Waals surface area contributed by atoms with Crippen LogP contribution in [0.25, 0.3) is 0 Å². The molecular formula is C12H19N3O2. The summed E-state index contributed by atoms with van der Waals surface area (Å²) in [4.78, 5) is 3.98. The molecule has 94 valence electrons. The lowest BCUT2D eigenvalue weighted by Gasteiger charge is -2.16. The van der Waals surface area contributed by atoms with Gasteiger partial charge < -0.3 is 15.7 Å². The molecule has 0 aliphatic carbocycles. The first-order valence-electron chi connectivity index (χ1n) is 5.63. The summed E-state index contributed by atoms with van der Waals surface area (Å²) in [7, 11) is 0. The van der Waals surface area contributed by atoms with E-state index < -0.39 is 0 Å². The third-order valence-corrected chi connectivity index (χ3v) is 2.24. The summed E-state index contributed by atoms with van der Waals surface area (Å²) in [5.41, 5.74) is 5.86. The number of oxime groups is 1. The summed E-state index contributed by atoms with van der Waals surface area (Å²) in [6.07, 6.45) is 2.67. The molecule has 17 heavy (non-hydrogen) atoms. The minimum Gasteiger partial charge on any atom is -0.491 e. The van der Waals surface area contributed by atoms with E-state index in [4.69, 9.17) is 15.7 Å². The molecule has 0 saturated carbocycles. The molecule has 0 bridgehead atoms. The highest BCUT2D eigenvalue weighted by molar-refractivity contribution is 5.95. The van der Waals surface area contributed by atoms with Gasteiger partial charge in [-0.05, 0) is 25.3 Å². The van der Waals surface area contributed by atoms with Crippen molar-refractivity contribution in [1.29, 1.82) is 0 Å². The van der Waals surface area contributed by atoms with E-state index in [0.717, 1.165) is 6.42 Å². The Hall–Kier alpha value is -1.78. The summed E-state index contributed by atoms with van der Waals surface area (Å²) in [6.45, 7) is 6.31. The van der Waals surface area contributed by atoms with Gasteiger partial charge in [0.2, 0.25) is 0 Å². The number of pyridine rings is 1. The van der Waals surface area contributed by atoms with Crippen molar-refractivity contribution >= 4 is 5.84 Å². The van der Waals surface area contributed by atoms with Crippen molar-refractivity contribution in [2.45, 2.75) is 33.3 Å². The third-order valence-electron chi connectivity index (χ3n) is 2.24. The summed E-state index contributed by atoms with van der Waals surface area (Å²) in [5.74, 6) is 1.23. The molecule has 3 N–H and O–H groups in total. The summed E-state index contributed by atoms with van der Waals surface area (Å²) in [5, 5.41) is 11.5. The number of amidine groups is 1. The number of ether oxygens (including phenoxy) is 1. The highest BCUT2D eigenvalue weighted by Crippen LogP contribution is 2.16. The van der Waals surface area contributed by atoms with Crippen LogP contribution in [0.5, 0.6) is 5.75 Å². The summed E-state index contributed by atoms with van der Waals surface area (Å²) >= 11 is 0. The zero-order chi connectivity index (χ0) is 12.8.